The number of phenolic OH excluding ortho intramolecular Hbond substituents is 2. The van der Waals surface area contributed by atoms with E-state index in [1.54, 1.807) is 0 Å². The molecule has 4 heteroatoms. The molecule has 0 saturated heterocycles. The van der Waals surface area contributed by atoms with Gasteiger partial charge in [-0.1, -0.05) is 13.8 Å². The Bertz CT molecular complexity index is 413. The molecule has 1 aromatic rings. The molecule has 0 amide bonds. The minimum absolute atomic E-state index is 0.0961. The number of aromatic hydroxyl groups is 2. The predicted molar refractivity (Wildman–Crippen MR) is 70.9 cm³/mol. The second-order valence-electron chi connectivity index (χ2n) is 3.89. The lowest BCUT2D eigenvalue weighted by Gasteiger charge is -2.20. The first-order chi connectivity index (χ1) is 8.62. The van der Waals surface area contributed by atoms with Gasteiger partial charge < -0.3 is 19.7 Å². The minimum atomic E-state index is -0.227. The summed E-state index contributed by atoms with van der Waals surface area (Å²) in [4.78, 5) is 0. The van der Waals surface area contributed by atoms with Gasteiger partial charge in [0, 0.05) is 11.1 Å². The van der Waals surface area contributed by atoms with Gasteiger partial charge in [0.1, 0.15) is 0 Å². The molecule has 4 nitrogen and oxygen atoms in total. The zero-order valence-corrected chi connectivity index (χ0v) is 11.5. The molecule has 0 aliphatic rings. The average Bonchev–Trinajstić information content (AvgIpc) is 2.37. The van der Waals surface area contributed by atoms with Crippen molar-refractivity contribution in [3.05, 3.63) is 11.1 Å². The molecule has 0 saturated carbocycles. The van der Waals surface area contributed by atoms with Gasteiger partial charge in [-0.15, -0.1) is 0 Å². The highest BCUT2D eigenvalue weighted by Crippen LogP contribution is 2.49. The number of rotatable bonds is 6. The van der Waals surface area contributed by atoms with Crippen LogP contribution < -0.4 is 9.47 Å². The van der Waals surface area contributed by atoms with Crippen LogP contribution in [0.4, 0.5) is 0 Å². The van der Waals surface area contributed by atoms with Crippen LogP contribution in [-0.2, 0) is 12.8 Å². The lowest BCUT2D eigenvalue weighted by Crippen LogP contribution is -2.05. The second-order valence-corrected chi connectivity index (χ2v) is 3.89. The highest BCUT2D eigenvalue weighted by atomic mass is 16.5. The number of hydrogen-bond donors (Lipinski definition) is 2. The maximum atomic E-state index is 10.0. The van der Waals surface area contributed by atoms with Crippen LogP contribution in [0.25, 0.3) is 0 Å². The molecule has 1 rings (SSSR count). The lowest BCUT2D eigenvalue weighted by atomic mass is 9.99. The van der Waals surface area contributed by atoms with E-state index in [-0.39, 0.29) is 17.2 Å². The Morgan fingerprint density at radius 1 is 0.722 bits per heavy atom. The molecular weight excluding hydrogens is 232 g/mol. The van der Waals surface area contributed by atoms with Gasteiger partial charge in [0.15, 0.2) is 11.5 Å². The number of ether oxygens (including phenoxy) is 2. The molecule has 0 radical (unpaired) electrons. The van der Waals surface area contributed by atoms with Gasteiger partial charge in [-0.3, -0.25) is 0 Å². The zero-order chi connectivity index (χ0) is 13.7. The number of benzene rings is 1. The van der Waals surface area contributed by atoms with Crippen LogP contribution in [0.1, 0.15) is 38.8 Å². The second kappa shape index (κ2) is 6.38. The number of hydrogen-bond acceptors (Lipinski definition) is 4. The summed E-state index contributed by atoms with van der Waals surface area (Å²) >= 11 is 0. The first kappa shape index (κ1) is 14.5. The third-order valence-corrected chi connectivity index (χ3v) is 2.85. The molecule has 0 atom stereocenters. The summed E-state index contributed by atoms with van der Waals surface area (Å²) in [7, 11) is 0. The van der Waals surface area contributed by atoms with Crippen LogP contribution in [0.2, 0.25) is 0 Å². The van der Waals surface area contributed by atoms with Crippen LogP contribution in [0.5, 0.6) is 23.0 Å². The van der Waals surface area contributed by atoms with Crippen molar-refractivity contribution >= 4 is 0 Å². The van der Waals surface area contributed by atoms with E-state index in [4.69, 9.17) is 9.47 Å². The Balaban J connectivity index is 3.53. The normalized spacial score (nSPS) is 10.4. The summed E-state index contributed by atoms with van der Waals surface area (Å²) in [5.74, 6) is 0.468. The lowest BCUT2D eigenvalue weighted by molar-refractivity contribution is 0.267. The fourth-order valence-corrected chi connectivity index (χ4v) is 2.11. The predicted octanol–water partition coefficient (Wildman–Crippen LogP) is 3.02. The van der Waals surface area contributed by atoms with Gasteiger partial charge in [-0.2, -0.15) is 0 Å². The smallest absolute Gasteiger partial charge is 0.207 e. The van der Waals surface area contributed by atoms with E-state index < -0.39 is 0 Å². The van der Waals surface area contributed by atoms with Crippen molar-refractivity contribution in [2.45, 2.75) is 40.5 Å². The molecule has 0 spiro atoms. The molecule has 1 aromatic carbocycles. The van der Waals surface area contributed by atoms with E-state index in [0.717, 1.165) is 11.1 Å². The average molecular weight is 254 g/mol. The van der Waals surface area contributed by atoms with Gasteiger partial charge in [-0.25, -0.2) is 0 Å². The summed E-state index contributed by atoms with van der Waals surface area (Å²) in [6.07, 6.45) is 1.35. The summed E-state index contributed by atoms with van der Waals surface area (Å²) in [5, 5.41) is 20.0. The third kappa shape index (κ3) is 2.47. The molecule has 0 aliphatic carbocycles. The third-order valence-electron chi connectivity index (χ3n) is 2.85. The van der Waals surface area contributed by atoms with Gasteiger partial charge in [0.2, 0.25) is 11.5 Å². The van der Waals surface area contributed by atoms with Crippen LogP contribution in [0.15, 0.2) is 0 Å². The summed E-state index contributed by atoms with van der Waals surface area (Å²) < 4.78 is 11.0. The molecule has 0 bridgehead atoms. The van der Waals surface area contributed by atoms with Crippen LogP contribution in [0, 0.1) is 0 Å². The van der Waals surface area contributed by atoms with Crippen LogP contribution >= 0.6 is 0 Å². The summed E-state index contributed by atoms with van der Waals surface area (Å²) in [6, 6.07) is 0. The first-order valence-corrected chi connectivity index (χ1v) is 6.47. The topological polar surface area (TPSA) is 58.9 Å². The standard InChI is InChI=1S/C14H22O4/c1-5-9-10(6-2)13(17-7-3)14(18-8-4)12(16)11(9)15/h15-16H,5-8H2,1-4H3. The summed E-state index contributed by atoms with van der Waals surface area (Å²) in [5.41, 5.74) is 1.63. The van der Waals surface area contributed by atoms with E-state index in [0.29, 0.717) is 31.8 Å². The largest absolute Gasteiger partial charge is 0.504 e. The van der Waals surface area contributed by atoms with Crippen molar-refractivity contribution in [3.63, 3.8) is 0 Å². The summed E-state index contributed by atoms with van der Waals surface area (Å²) in [6.45, 7) is 8.52. The van der Waals surface area contributed by atoms with Crippen molar-refractivity contribution < 1.29 is 19.7 Å². The van der Waals surface area contributed by atoms with Crippen molar-refractivity contribution in [2.75, 3.05) is 13.2 Å². The first-order valence-electron chi connectivity index (χ1n) is 6.47. The minimum Gasteiger partial charge on any atom is -0.504 e. The molecule has 2 N–H and O–H groups in total. The van der Waals surface area contributed by atoms with E-state index >= 15 is 0 Å². The maximum absolute atomic E-state index is 10.0. The highest BCUT2D eigenvalue weighted by Gasteiger charge is 2.23. The van der Waals surface area contributed by atoms with Crippen molar-refractivity contribution in [1.29, 1.82) is 0 Å². The Morgan fingerprint density at radius 3 is 1.67 bits per heavy atom. The quantitative estimate of drug-likeness (QED) is 0.766. The van der Waals surface area contributed by atoms with Crippen molar-refractivity contribution in [3.8, 4) is 23.0 Å². The van der Waals surface area contributed by atoms with Gasteiger partial charge in [0.25, 0.3) is 0 Å². The monoisotopic (exact) mass is 254 g/mol. The van der Waals surface area contributed by atoms with Crippen LogP contribution in [-0.4, -0.2) is 23.4 Å². The molecule has 0 unspecified atom stereocenters. The van der Waals surface area contributed by atoms with Gasteiger partial charge in [-0.05, 0) is 26.7 Å². The van der Waals surface area contributed by atoms with E-state index in [1.807, 2.05) is 27.7 Å². The molecule has 0 fully saturated rings. The molecule has 0 aliphatic heterocycles. The SMILES string of the molecule is CCOc1c(O)c(O)c(CC)c(CC)c1OCC. The molecular formula is C14H22O4. The number of phenols is 2. The Labute approximate surface area is 108 Å². The Morgan fingerprint density at radius 2 is 1.22 bits per heavy atom. The van der Waals surface area contributed by atoms with Crippen molar-refractivity contribution in [1.82, 2.24) is 0 Å². The fourth-order valence-electron chi connectivity index (χ4n) is 2.11. The Hall–Kier alpha value is -1.58. The van der Waals surface area contributed by atoms with E-state index in [2.05, 4.69) is 0 Å². The maximum Gasteiger partial charge on any atom is 0.207 e. The van der Waals surface area contributed by atoms with E-state index in [9.17, 15) is 10.2 Å². The van der Waals surface area contributed by atoms with Crippen LogP contribution in [0.3, 0.4) is 0 Å². The van der Waals surface area contributed by atoms with Gasteiger partial charge >= 0.3 is 0 Å². The van der Waals surface area contributed by atoms with E-state index in [1.165, 1.54) is 0 Å². The van der Waals surface area contributed by atoms with Crippen molar-refractivity contribution in [2.24, 2.45) is 0 Å². The Kier molecular flexibility index (Phi) is 5.13. The molecule has 0 aromatic heterocycles. The highest BCUT2D eigenvalue weighted by molar-refractivity contribution is 5.66. The molecule has 18 heavy (non-hydrogen) atoms. The molecule has 102 valence electrons. The fraction of sp³-hybridized carbons (Fsp3) is 0.571. The molecule has 0 heterocycles. The zero-order valence-electron chi connectivity index (χ0n) is 11.5. The van der Waals surface area contributed by atoms with Gasteiger partial charge in [0.05, 0.1) is 13.2 Å².